The summed E-state index contributed by atoms with van der Waals surface area (Å²) in [6, 6.07) is 7.98. The number of fused-ring (bicyclic) bond motifs is 1. The van der Waals surface area contributed by atoms with E-state index in [9.17, 15) is 28.9 Å². The van der Waals surface area contributed by atoms with Crippen LogP contribution in [0.15, 0.2) is 58.9 Å². The Morgan fingerprint density at radius 3 is 2.57 bits per heavy atom. The number of imide groups is 1. The third-order valence-corrected chi connectivity index (χ3v) is 4.59. The molecule has 2 aromatic rings. The molecule has 1 saturated heterocycles. The number of nitrogens with zero attached hydrogens (tertiary/aromatic N) is 5. The molecule has 152 valence electrons. The lowest BCUT2D eigenvalue weighted by Crippen LogP contribution is -2.43. The summed E-state index contributed by atoms with van der Waals surface area (Å²) in [6.07, 6.45) is 0. The van der Waals surface area contributed by atoms with E-state index in [0.29, 0.717) is 0 Å². The second kappa shape index (κ2) is 7.31. The van der Waals surface area contributed by atoms with E-state index in [-0.39, 0.29) is 23.6 Å². The molecular weight excluding hydrogens is 399 g/mol. The first-order chi connectivity index (χ1) is 14.3. The molecule has 0 saturated carbocycles. The number of benzene rings is 2. The van der Waals surface area contributed by atoms with Crippen molar-refractivity contribution in [3.63, 3.8) is 0 Å². The molecule has 0 radical (unpaired) electrons. The van der Waals surface area contributed by atoms with E-state index in [2.05, 4.69) is 15.7 Å². The topological polar surface area (TPSA) is 138 Å². The molecule has 30 heavy (non-hydrogen) atoms. The summed E-state index contributed by atoms with van der Waals surface area (Å²) in [6.45, 7) is -0.381. The average molecular weight is 412 g/mol. The number of nitrogens with one attached hydrogen (secondary N) is 1. The van der Waals surface area contributed by atoms with Crippen molar-refractivity contribution in [1.29, 1.82) is 0 Å². The van der Waals surface area contributed by atoms with E-state index in [1.807, 2.05) is 0 Å². The molecule has 0 aliphatic carbocycles. The van der Waals surface area contributed by atoms with Gasteiger partial charge in [-0.25, -0.2) is 9.29 Å². The Morgan fingerprint density at radius 1 is 1.17 bits per heavy atom. The third-order valence-electron chi connectivity index (χ3n) is 4.59. The molecule has 2 atom stereocenters. The molecule has 0 spiro atoms. The molecule has 1 fully saturated rings. The molecule has 2 aliphatic rings. The Hall–Kier alpha value is -4.22. The molecule has 11 nitrogen and oxygen atoms in total. The number of halogens is 1. The zero-order valence-corrected chi connectivity index (χ0v) is 15.1. The van der Waals surface area contributed by atoms with Crippen molar-refractivity contribution in [2.45, 2.75) is 12.1 Å². The highest BCUT2D eigenvalue weighted by atomic mass is 19.1. The SMILES string of the molecule is O=C(CN1N=N[C@H]2C(=O)N(c3ccc([N+](=O)[O-])cc3)C(=O)[C@@H]21)Nc1cccc(F)c1. The fourth-order valence-corrected chi connectivity index (χ4v) is 3.25. The molecule has 0 bridgehead atoms. The summed E-state index contributed by atoms with van der Waals surface area (Å²) < 4.78 is 13.2. The van der Waals surface area contributed by atoms with Gasteiger partial charge in [0.1, 0.15) is 12.4 Å². The Bertz CT molecular complexity index is 1090. The molecule has 0 unspecified atom stereocenters. The van der Waals surface area contributed by atoms with Crippen molar-refractivity contribution in [3.8, 4) is 0 Å². The molecule has 12 heteroatoms. The Labute approximate surface area is 167 Å². The summed E-state index contributed by atoms with van der Waals surface area (Å²) in [5.41, 5.74) is 0.201. The lowest BCUT2D eigenvalue weighted by Gasteiger charge is -2.20. The minimum Gasteiger partial charge on any atom is -0.324 e. The summed E-state index contributed by atoms with van der Waals surface area (Å²) in [5.74, 6) is -2.39. The van der Waals surface area contributed by atoms with Crippen molar-refractivity contribution < 1.29 is 23.7 Å². The number of nitro benzene ring substituents is 1. The van der Waals surface area contributed by atoms with E-state index in [1.165, 1.54) is 42.5 Å². The van der Waals surface area contributed by atoms with Gasteiger partial charge in [-0.15, -0.1) is 0 Å². The number of rotatable bonds is 5. The van der Waals surface area contributed by atoms with Crippen LogP contribution in [-0.4, -0.2) is 46.3 Å². The molecule has 1 N–H and O–H groups in total. The first-order valence-corrected chi connectivity index (χ1v) is 8.70. The third kappa shape index (κ3) is 3.34. The molecule has 4 rings (SSSR count). The van der Waals surface area contributed by atoms with Crippen LogP contribution in [-0.2, 0) is 14.4 Å². The first-order valence-electron chi connectivity index (χ1n) is 8.70. The Kier molecular flexibility index (Phi) is 4.66. The van der Waals surface area contributed by atoms with E-state index in [0.717, 1.165) is 16.0 Å². The fraction of sp³-hybridized carbons (Fsp3) is 0.167. The van der Waals surface area contributed by atoms with Gasteiger partial charge in [0, 0.05) is 17.8 Å². The van der Waals surface area contributed by atoms with Gasteiger partial charge < -0.3 is 5.32 Å². The van der Waals surface area contributed by atoms with Crippen LogP contribution in [0.1, 0.15) is 0 Å². The van der Waals surface area contributed by atoms with Gasteiger partial charge in [0.05, 0.1) is 10.6 Å². The Morgan fingerprint density at radius 2 is 1.90 bits per heavy atom. The zero-order valence-electron chi connectivity index (χ0n) is 15.1. The van der Waals surface area contributed by atoms with Crippen LogP contribution in [0.5, 0.6) is 0 Å². The second-order valence-corrected chi connectivity index (χ2v) is 6.54. The minimum atomic E-state index is -1.12. The van der Waals surface area contributed by atoms with Crippen LogP contribution < -0.4 is 10.2 Å². The first kappa shape index (κ1) is 19.1. The molecule has 2 aromatic carbocycles. The molecule has 0 aromatic heterocycles. The second-order valence-electron chi connectivity index (χ2n) is 6.54. The van der Waals surface area contributed by atoms with Gasteiger partial charge in [0.15, 0.2) is 12.1 Å². The van der Waals surface area contributed by atoms with Gasteiger partial charge in [-0.05, 0) is 30.3 Å². The van der Waals surface area contributed by atoms with Crippen molar-refractivity contribution in [3.05, 3.63) is 64.5 Å². The van der Waals surface area contributed by atoms with Gasteiger partial charge in [0.25, 0.3) is 17.5 Å². The highest BCUT2D eigenvalue weighted by Gasteiger charge is 2.55. The van der Waals surface area contributed by atoms with Crippen molar-refractivity contribution in [2.24, 2.45) is 10.3 Å². The van der Waals surface area contributed by atoms with E-state index in [1.54, 1.807) is 0 Å². The van der Waals surface area contributed by atoms with E-state index >= 15 is 0 Å². The van der Waals surface area contributed by atoms with Gasteiger partial charge >= 0.3 is 0 Å². The smallest absolute Gasteiger partial charge is 0.269 e. The summed E-state index contributed by atoms with van der Waals surface area (Å²) in [4.78, 5) is 48.8. The van der Waals surface area contributed by atoms with Crippen molar-refractivity contribution in [2.75, 3.05) is 16.8 Å². The van der Waals surface area contributed by atoms with Crippen LogP contribution in [0.3, 0.4) is 0 Å². The maximum absolute atomic E-state index is 13.2. The predicted octanol–water partition coefficient (Wildman–Crippen LogP) is 1.67. The number of carbonyl (C=O) groups excluding carboxylic acids is 3. The summed E-state index contributed by atoms with van der Waals surface area (Å²) in [7, 11) is 0. The molecule has 3 amide bonds. The number of amides is 3. The predicted molar refractivity (Wildman–Crippen MR) is 99.8 cm³/mol. The summed E-state index contributed by atoms with van der Waals surface area (Å²) in [5, 5.41) is 21.9. The van der Waals surface area contributed by atoms with Crippen LogP contribution in [0.2, 0.25) is 0 Å². The van der Waals surface area contributed by atoms with Gasteiger partial charge in [-0.2, -0.15) is 5.11 Å². The van der Waals surface area contributed by atoms with Crippen molar-refractivity contribution in [1.82, 2.24) is 5.01 Å². The van der Waals surface area contributed by atoms with E-state index < -0.39 is 40.5 Å². The molecule has 2 heterocycles. The van der Waals surface area contributed by atoms with Crippen LogP contribution in [0.4, 0.5) is 21.5 Å². The maximum Gasteiger partial charge on any atom is 0.269 e. The number of nitro groups is 1. The fourth-order valence-electron chi connectivity index (χ4n) is 3.25. The van der Waals surface area contributed by atoms with Gasteiger partial charge in [-0.3, -0.25) is 29.5 Å². The maximum atomic E-state index is 13.2. The highest BCUT2D eigenvalue weighted by Crippen LogP contribution is 2.32. The van der Waals surface area contributed by atoms with Crippen LogP contribution in [0.25, 0.3) is 0 Å². The van der Waals surface area contributed by atoms with Crippen LogP contribution in [0, 0.1) is 15.9 Å². The number of hydrogen-bond acceptors (Lipinski definition) is 8. The molecule has 2 aliphatic heterocycles. The standard InChI is InChI=1S/C18H13FN6O5/c19-10-2-1-3-11(8-10)20-14(26)9-23-16-15(21-22-23)17(27)24(18(16)28)12-4-6-13(7-5-12)25(29)30/h1-8,15-16H,9H2,(H,20,26)/t15-,16-/m1/s1. The lowest BCUT2D eigenvalue weighted by atomic mass is 10.1. The molecular formula is C18H13FN6O5. The number of anilines is 2. The van der Waals surface area contributed by atoms with E-state index in [4.69, 9.17) is 0 Å². The van der Waals surface area contributed by atoms with Crippen LogP contribution >= 0.6 is 0 Å². The number of hydrogen-bond donors (Lipinski definition) is 1. The average Bonchev–Trinajstić information content (AvgIpc) is 3.21. The normalized spacial score (nSPS) is 19.9. The van der Waals surface area contributed by atoms with Crippen molar-refractivity contribution >= 4 is 34.8 Å². The Balaban J connectivity index is 1.48. The lowest BCUT2D eigenvalue weighted by molar-refractivity contribution is -0.384. The van der Waals surface area contributed by atoms with Gasteiger partial charge in [-0.1, -0.05) is 11.3 Å². The highest BCUT2D eigenvalue weighted by molar-refractivity contribution is 6.25. The largest absolute Gasteiger partial charge is 0.324 e. The quantitative estimate of drug-likeness (QED) is 0.450. The van der Waals surface area contributed by atoms with Gasteiger partial charge in [0.2, 0.25) is 5.91 Å². The number of carbonyl (C=O) groups is 3. The minimum absolute atomic E-state index is 0.157. The number of non-ortho nitro benzene ring substituents is 1. The monoisotopic (exact) mass is 412 g/mol. The summed E-state index contributed by atoms with van der Waals surface area (Å²) >= 11 is 0. The zero-order chi connectivity index (χ0) is 21.4.